The van der Waals surface area contributed by atoms with Gasteiger partial charge in [0.15, 0.2) is 34.7 Å². The Kier molecular flexibility index (Phi) is 7.11. The maximum absolute atomic E-state index is 13.9. The summed E-state index contributed by atoms with van der Waals surface area (Å²) < 4.78 is 0. The van der Waals surface area contributed by atoms with Gasteiger partial charge in [-0.05, 0) is 61.2 Å². The smallest absolute Gasteiger partial charge is 0.235 e. The van der Waals surface area contributed by atoms with Crippen molar-refractivity contribution >= 4 is 29.0 Å². The Balaban J connectivity index is 1.57. The number of amides is 1. The second kappa shape index (κ2) is 10.3. The van der Waals surface area contributed by atoms with Crippen molar-refractivity contribution in [2.24, 2.45) is 29.4 Å². The zero-order chi connectivity index (χ0) is 29.8. The fraction of sp³-hybridized carbons (Fsp3) is 0.400. The number of nitrogens with one attached hydrogen (secondary N) is 1. The van der Waals surface area contributed by atoms with E-state index in [1.165, 1.54) is 11.0 Å². The van der Waals surface area contributed by atoms with Gasteiger partial charge in [0.2, 0.25) is 5.91 Å². The molecule has 0 spiro atoms. The van der Waals surface area contributed by atoms with Crippen LogP contribution in [0.1, 0.15) is 27.9 Å². The van der Waals surface area contributed by atoms with E-state index in [-0.39, 0.29) is 30.7 Å². The summed E-state index contributed by atoms with van der Waals surface area (Å²) in [7, 11) is 3.09. The van der Waals surface area contributed by atoms with Gasteiger partial charge in [-0.2, -0.15) is 5.26 Å². The van der Waals surface area contributed by atoms with Gasteiger partial charge >= 0.3 is 0 Å². The number of rotatable bonds is 6. The van der Waals surface area contributed by atoms with Gasteiger partial charge in [0.1, 0.15) is 5.75 Å². The zero-order valence-electron chi connectivity index (χ0n) is 22.6. The van der Waals surface area contributed by atoms with Gasteiger partial charge in [0.25, 0.3) is 0 Å². The van der Waals surface area contributed by atoms with Crippen molar-refractivity contribution in [2.75, 3.05) is 20.6 Å². The molecule has 0 aliphatic heterocycles. The lowest BCUT2D eigenvalue weighted by atomic mass is 9.52. The van der Waals surface area contributed by atoms with Crippen LogP contribution in [0.4, 0.5) is 0 Å². The number of ketones is 4. The Hall–Kier alpha value is -4.24. The molecular formula is C30H30N4O7. The van der Waals surface area contributed by atoms with Crippen LogP contribution in [-0.4, -0.2) is 76.4 Å². The molecule has 11 heteroatoms. The summed E-state index contributed by atoms with van der Waals surface area (Å²) in [5, 5.41) is 34.1. The first kappa shape index (κ1) is 28.3. The molecule has 0 heterocycles. The number of Topliss-reactive ketones (excluding diaryl/α,β-unsaturated/α-hetero) is 4. The zero-order valence-corrected chi connectivity index (χ0v) is 22.6. The van der Waals surface area contributed by atoms with Gasteiger partial charge < -0.3 is 21.3 Å². The van der Waals surface area contributed by atoms with Crippen molar-refractivity contribution in [3.8, 4) is 22.9 Å². The second-order valence-corrected chi connectivity index (χ2v) is 11.2. The van der Waals surface area contributed by atoms with Crippen molar-refractivity contribution < 1.29 is 34.2 Å². The molecule has 5 N–H and O–H groups in total. The van der Waals surface area contributed by atoms with Gasteiger partial charge in [-0.3, -0.25) is 28.9 Å². The summed E-state index contributed by atoms with van der Waals surface area (Å²) in [4.78, 5) is 68.0. The summed E-state index contributed by atoms with van der Waals surface area (Å²) >= 11 is 0. The fourth-order valence-corrected chi connectivity index (χ4v) is 6.94. The third-order valence-corrected chi connectivity index (χ3v) is 8.74. The Morgan fingerprint density at radius 2 is 1.80 bits per heavy atom. The molecule has 2 aromatic rings. The molecular weight excluding hydrogens is 528 g/mol. The number of phenols is 1. The molecule has 3 aliphatic carbocycles. The summed E-state index contributed by atoms with van der Waals surface area (Å²) in [5.74, 6) is -10.7. The van der Waals surface area contributed by atoms with Crippen LogP contribution in [0.5, 0.6) is 5.75 Å². The summed E-state index contributed by atoms with van der Waals surface area (Å²) in [6.07, 6.45) is 0.170. The lowest BCUT2D eigenvalue weighted by molar-refractivity contribution is -0.181. The van der Waals surface area contributed by atoms with Crippen LogP contribution in [0.2, 0.25) is 0 Å². The van der Waals surface area contributed by atoms with E-state index >= 15 is 0 Å². The Morgan fingerprint density at radius 3 is 2.41 bits per heavy atom. The van der Waals surface area contributed by atoms with Crippen molar-refractivity contribution in [1.82, 2.24) is 10.2 Å². The lowest BCUT2D eigenvalue weighted by Gasteiger charge is -2.52. The highest BCUT2D eigenvalue weighted by Crippen LogP contribution is 2.51. The van der Waals surface area contributed by atoms with Crippen LogP contribution in [0.25, 0.3) is 11.1 Å². The van der Waals surface area contributed by atoms with Crippen LogP contribution in [0.3, 0.4) is 0 Å². The SMILES string of the molecule is CN(C)C1C(=O)C(C(N)=O)C(=O)[C@]2(O)C(=O)C3C(=O)c4c(O)ccc(-c5ccc(CNCC#N)cc5)c4C[C@@H]3C[C@H]12. The number of nitrogens with two attached hydrogens (primary N) is 1. The number of nitrogens with zero attached hydrogens (tertiary/aromatic N) is 2. The lowest BCUT2D eigenvalue weighted by Crippen LogP contribution is -2.74. The van der Waals surface area contributed by atoms with Crippen molar-refractivity contribution in [2.45, 2.75) is 31.0 Å². The molecule has 0 aromatic heterocycles. The largest absolute Gasteiger partial charge is 0.507 e. The number of fused-ring (bicyclic) bond motifs is 3. The number of aromatic hydroxyl groups is 1. The predicted octanol–water partition coefficient (Wildman–Crippen LogP) is 0.147. The maximum Gasteiger partial charge on any atom is 0.235 e. The van der Waals surface area contributed by atoms with Crippen molar-refractivity contribution in [3.63, 3.8) is 0 Å². The number of primary amides is 1. The molecule has 6 atom stereocenters. The highest BCUT2D eigenvalue weighted by molar-refractivity contribution is 6.32. The third kappa shape index (κ3) is 4.26. The Morgan fingerprint density at radius 1 is 1.12 bits per heavy atom. The number of likely N-dealkylation sites (N-methyl/N-ethyl adjacent to an activating group) is 1. The predicted molar refractivity (Wildman–Crippen MR) is 144 cm³/mol. The van der Waals surface area contributed by atoms with Crippen LogP contribution in [0, 0.1) is 35.0 Å². The quantitative estimate of drug-likeness (QED) is 0.216. The summed E-state index contributed by atoms with van der Waals surface area (Å²) in [6, 6.07) is 11.4. The van der Waals surface area contributed by atoms with E-state index in [0.717, 1.165) is 11.1 Å². The van der Waals surface area contributed by atoms with Gasteiger partial charge in [-0.25, -0.2) is 0 Å². The van der Waals surface area contributed by atoms with Crippen LogP contribution >= 0.6 is 0 Å². The number of phenolic OH excluding ortho intramolecular Hbond substituents is 1. The minimum absolute atomic E-state index is 0.0114. The van der Waals surface area contributed by atoms with Crippen LogP contribution in [-0.2, 0) is 32.1 Å². The molecule has 0 bridgehead atoms. The highest BCUT2D eigenvalue weighted by Gasteiger charge is 2.69. The minimum atomic E-state index is -2.75. The van der Waals surface area contributed by atoms with E-state index in [2.05, 4.69) is 5.32 Å². The van der Waals surface area contributed by atoms with Crippen LogP contribution in [0.15, 0.2) is 36.4 Å². The number of hydrogen-bond donors (Lipinski definition) is 4. The molecule has 212 valence electrons. The Bertz CT molecular complexity index is 1530. The first-order valence-corrected chi connectivity index (χ1v) is 13.3. The minimum Gasteiger partial charge on any atom is -0.507 e. The van der Waals surface area contributed by atoms with E-state index < -0.39 is 64.4 Å². The molecule has 11 nitrogen and oxygen atoms in total. The molecule has 1 amide bonds. The van der Waals surface area contributed by atoms with Gasteiger partial charge in [0, 0.05) is 12.5 Å². The first-order valence-electron chi connectivity index (χ1n) is 13.3. The number of hydrogen-bond acceptors (Lipinski definition) is 10. The van der Waals surface area contributed by atoms with Gasteiger partial charge in [-0.1, -0.05) is 30.3 Å². The molecule has 3 unspecified atom stereocenters. The Labute approximate surface area is 235 Å². The van der Waals surface area contributed by atoms with Crippen molar-refractivity contribution in [1.29, 1.82) is 5.26 Å². The number of carbonyl (C=O) groups is 5. The van der Waals surface area contributed by atoms with Gasteiger partial charge in [-0.15, -0.1) is 0 Å². The number of carbonyl (C=O) groups excluding carboxylic acids is 5. The molecule has 5 rings (SSSR count). The normalized spacial score (nSPS) is 29.0. The number of benzene rings is 2. The van der Waals surface area contributed by atoms with E-state index in [0.29, 0.717) is 17.7 Å². The topological polar surface area (TPSA) is 191 Å². The van der Waals surface area contributed by atoms with E-state index in [1.54, 1.807) is 20.2 Å². The molecule has 41 heavy (non-hydrogen) atoms. The average Bonchev–Trinajstić information content (AvgIpc) is 2.91. The molecule has 0 radical (unpaired) electrons. The fourth-order valence-electron chi connectivity index (χ4n) is 6.94. The van der Waals surface area contributed by atoms with Gasteiger partial charge in [0.05, 0.1) is 30.1 Å². The van der Waals surface area contributed by atoms with E-state index in [1.807, 2.05) is 30.3 Å². The van der Waals surface area contributed by atoms with Crippen molar-refractivity contribution in [3.05, 3.63) is 53.1 Å². The van der Waals surface area contributed by atoms with E-state index in [4.69, 9.17) is 11.0 Å². The molecule has 2 fully saturated rings. The average molecular weight is 559 g/mol. The maximum atomic E-state index is 13.9. The summed E-state index contributed by atoms with van der Waals surface area (Å²) in [5.41, 5.74) is 5.49. The number of aliphatic hydroxyl groups is 1. The van der Waals surface area contributed by atoms with E-state index in [9.17, 15) is 34.2 Å². The summed E-state index contributed by atoms with van der Waals surface area (Å²) in [6.45, 7) is 0.707. The molecule has 2 saturated carbocycles. The molecule has 3 aliphatic rings. The third-order valence-electron chi connectivity index (χ3n) is 8.74. The number of nitriles is 1. The standard InChI is InChI=1S/C30H30N4O7/c1-34(2)24-19-12-16-11-18-17(15-5-3-14(4-6-15)13-33-10-9-31)7-8-20(35)22(18)25(36)21(16)27(38)30(19,41)28(39)23(26(24)37)29(32)40/h3-8,16,19,21,23-24,33,35,41H,10-13H2,1-2H3,(H2,32,40)/t16-,19-,21?,23?,24?,30-/m1/s1. The second-order valence-electron chi connectivity index (χ2n) is 11.2. The first-order chi connectivity index (χ1) is 19.4. The molecule has 0 saturated heterocycles. The molecule has 2 aromatic carbocycles. The highest BCUT2D eigenvalue weighted by atomic mass is 16.3. The van der Waals surface area contributed by atoms with Crippen LogP contribution < -0.4 is 11.1 Å². The monoisotopic (exact) mass is 558 g/mol.